The molecule has 1 aliphatic carbocycles. The molecule has 1 heteroatoms. The second kappa shape index (κ2) is 4.14. The lowest BCUT2D eigenvalue weighted by atomic mass is 9.80. The number of benzene rings is 1. The maximum absolute atomic E-state index is 9.81. The Bertz CT molecular complexity index is 306. The number of aliphatic hydroxyl groups is 1. The Labute approximate surface area is 85.8 Å². The Morgan fingerprint density at radius 2 is 2.07 bits per heavy atom. The topological polar surface area (TPSA) is 20.2 Å². The minimum absolute atomic E-state index is 0.108. The van der Waals surface area contributed by atoms with Crippen molar-refractivity contribution in [2.75, 3.05) is 0 Å². The summed E-state index contributed by atoms with van der Waals surface area (Å²) in [6, 6.07) is 8.61. The molecule has 0 heterocycles. The van der Waals surface area contributed by atoms with Gasteiger partial charge in [0, 0.05) is 0 Å². The molecule has 0 radical (unpaired) electrons. The van der Waals surface area contributed by atoms with E-state index in [0.717, 1.165) is 25.7 Å². The standard InChI is InChI=1S/C13H18O/c1-2-13(14)12-8-7-10-5-3-4-6-11(10)9-12/h3-6,12-14H,2,7-9H2,1H3. The fourth-order valence-corrected chi connectivity index (χ4v) is 2.39. The van der Waals surface area contributed by atoms with Crippen molar-refractivity contribution in [2.45, 2.75) is 38.7 Å². The average Bonchev–Trinajstić information content (AvgIpc) is 2.27. The summed E-state index contributed by atoms with van der Waals surface area (Å²) in [6.07, 6.45) is 4.12. The van der Waals surface area contributed by atoms with E-state index in [1.165, 1.54) is 11.1 Å². The Morgan fingerprint density at radius 1 is 1.36 bits per heavy atom. The third-order valence-electron chi connectivity index (χ3n) is 3.35. The predicted molar refractivity (Wildman–Crippen MR) is 58.3 cm³/mol. The van der Waals surface area contributed by atoms with Gasteiger partial charge in [0.05, 0.1) is 6.10 Å². The maximum atomic E-state index is 9.81. The molecule has 0 spiro atoms. The molecule has 1 aromatic carbocycles. The largest absolute Gasteiger partial charge is 0.393 e. The molecule has 0 fully saturated rings. The second-order valence-corrected chi connectivity index (χ2v) is 4.25. The summed E-state index contributed by atoms with van der Waals surface area (Å²) in [7, 11) is 0. The SMILES string of the molecule is CCC(O)C1CCc2ccccc2C1. The summed E-state index contributed by atoms with van der Waals surface area (Å²) in [5.74, 6) is 0.481. The summed E-state index contributed by atoms with van der Waals surface area (Å²) in [4.78, 5) is 0. The number of rotatable bonds is 2. The van der Waals surface area contributed by atoms with E-state index in [2.05, 4.69) is 31.2 Å². The molecular formula is C13H18O. The van der Waals surface area contributed by atoms with Crippen molar-refractivity contribution in [3.05, 3.63) is 35.4 Å². The van der Waals surface area contributed by atoms with Crippen LogP contribution < -0.4 is 0 Å². The van der Waals surface area contributed by atoms with E-state index in [4.69, 9.17) is 0 Å². The van der Waals surface area contributed by atoms with E-state index in [0.29, 0.717) is 5.92 Å². The van der Waals surface area contributed by atoms with E-state index in [-0.39, 0.29) is 6.10 Å². The van der Waals surface area contributed by atoms with E-state index >= 15 is 0 Å². The second-order valence-electron chi connectivity index (χ2n) is 4.25. The van der Waals surface area contributed by atoms with Crippen LogP contribution in [0.3, 0.4) is 0 Å². The molecule has 0 saturated heterocycles. The molecule has 0 bridgehead atoms. The van der Waals surface area contributed by atoms with Crippen LogP contribution >= 0.6 is 0 Å². The molecule has 2 rings (SSSR count). The van der Waals surface area contributed by atoms with Crippen LogP contribution in [0.1, 0.15) is 30.9 Å². The molecule has 0 aromatic heterocycles. The minimum Gasteiger partial charge on any atom is -0.393 e. The number of fused-ring (bicyclic) bond motifs is 1. The van der Waals surface area contributed by atoms with Crippen LogP contribution in [-0.4, -0.2) is 11.2 Å². The zero-order valence-corrected chi connectivity index (χ0v) is 8.74. The molecule has 2 unspecified atom stereocenters. The van der Waals surface area contributed by atoms with Crippen molar-refractivity contribution in [2.24, 2.45) is 5.92 Å². The molecule has 76 valence electrons. The molecule has 0 aliphatic heterocycles. The highest BCUT2D eigenvalue weighted by Gasteiger charge is 2.23. The predicted octanol–water partition coefficient (Wildman–Crippen LogP) is 2.56. The smallest absolute Gasteiger partial charge is 0.0569 e. The molecule has 1 aliphatic rings. The summed E-state index contributed by atoms with van der Waals surface area (Å²) >= 11 is 0. The zero-order chi connectivity index (χ0) is 9.97. The molecule has 0 saturated carbocycles. The zero-order valence-electron chi connectivity index (χ0n) is 8.74. The van der Waals surface area contributed by atoms with Gasteiger partial charge in [-0.15, -0.1) is 0 Å². The van der Waals surface area contributed by atoms with Crippen LogP contribution in [0.15, 0.2) is 24.3 Å². The maximum Gasteiger partial charge on any atom is 0.0569 e. The molecule has 0 amide bonds. The molecule has 1 aromatic rings. The lowest BCUT2D eigenvalue weighted by molar-refractivity contribution is 0.0955. The van der Waals surface area contributed by atoms with E-state index < -0.39 is 0 Å². The fraction of sp³-hybridized carbons (Fsp3) is 0.538. The molecule has 2 atom stereocenters. The van der Waals surface area contributed by atoms with Gasteiger partial charge in [-0.2, -0.15) is 0 Å². The van der Waals surface area contributed by atoms with Crippen LogP contribution in [0.4, 0.5) is 0 Å². The highest BCUT2D eigenvalue weighted by Crippen LogP contribution is 2.28. The molecule has 1 nitrogen and oxygen atoms in total. The van der Waals surface area contributed by atoms with Crippen LogP contribution in [0, 0.1) is 5.92 Å². The Morgan fingerprint density at radius 3 is 2.79 bits per heavy atom. The van der Waals surface area contributed by atoms with Crippen molar-refractivity contribution < 1.29 is 5.11 Å². The normalized spacial score (nSPS) is 22.9. The molecule has 1 N–H and O–H groups in total. The first-order valence-electron chi connectivity index (χ1n) is 5.56. The van der Waals surface area contributed by atoms with Gasteiger partial charge in [0.1, 0.15) is 0 Å². The van der Waals surface area contributed by atoms with Crippen LogP contribution in [0.2, 0.25) is 0 Å². The van der Waals surface area contributed by atoms with Gasteiger partial charge in [0.2, 0.25) is 0 Å². The summed E-state index contributed by atoms with van der Waals surface area (Å²) < 4.78 is 0. The highest BCUT2D eigenvalue weighted by atomic mass is 16.3. The first kappa shape index (κ1) is 9.72. The Balaban J connectivity index is 2.13. The lowest BCUT2D eigenvalue weighted by Gasteiger charge is -2.27. The lowest BCUT2D eigenvalue weighted by Crippen LogP contribution is -2.26. The van der Waals surface area contributed by atoms with Crippen molar-refractivity contribution in [1.29, 1.82) is 0 Å². The third kappa shape index (κ3) is 1.83. The van der Waals surface area contributed by atoms with Crippen molar-refractivity contribution in [1.82, 2.24) is 0 Å². The van der Waals surface area contributed by atoms with Crippen molar-refractivity contribution in [3.8, 4) is 0 Å². The quantitative estimate of drug-likeness (QED) is 0.760. The fourth-order valence-electron chi connectivity index (χ4n) is 2.39. The highest BCUT2D eigenvalue weighted by molar-refractivity contribution is 5.29. The Kier molecular flexibility index (Phi) is 2.87. The van der Waals surface area contributed by atoms with E-state index in [1.807, 2.05) is 0 Å². The number of hydrogen-bond donors (Lipinski definition) is 1. The van der Waals surface area contributed by atoms with Gasteiger partial charge >= 0.3 is 0 Å². The van der Waals surface area contributed by atoms with Gasteiger partial charge in [-0.25, -0.2) is 0 Å². The number of hydrogen-bond acceptors (Lipinski definition) is 1. The molecular weight excluding hydrogens is 172 g/mol. The van der Waals surface area contributed by atoms with Gasteiger partial charge in [-0.3, -0.25) is 0 Å². The van der Waals surface area contributed by atoms with Crippen LogP contribution in [-0.2, 0) is 12.8 Å². The van der Waals surface area contributed by atoms with Crippen molar-refractivity contribution >= 4 is 0 Å². The third-order valence-corrected chi connectivity index (χ3v) is 3.35. The summed E-state index contributed by atoms with van der Waals surface area (Å²) in [6.45, 7) is 2.06. The van der Waals surface area contributed by atoms with E-state index in [9.17, 15) is 5.11 Å². The molecule has 14 heavy (non-hydrogen) atoms. The summed E-state index contributed by atoms with van der Waals surface area (Å²) in [5.41, 5.74) is 2.92. The number of aryl methyl sites for hydroxylation is 1. The Hall–Kier alpha value is -0.820. The van der Waals surface area contributed by atoms with Gasteiger partial charge in [0.15, 0.2) is 0 Å². The monoisotopic (exact) mass is 190 g/mol. The van der Waals surface area contributed by atoms with Crippen LogP contribution in [0.5, 0.6) is 0 Å². The van der Waals surface area contributed by atoms with E-state index in [1.54, 1.807) is 0 Å². The van der Waals surface area contributed by atoms with Gasteiger partial charge in [-0.1, -0.05) is 31.2 Å². The first-order valence-corrected chi connectivity index (χ1v) is 5.56. The minimum atomic E-state index is -0.108. The van der Waals surface area contributed by atoms with Crippen LogP contribution in [0.25, 0.3) is 0 Å². The summed E-state index contributed by atoms with van der Waals surface area (Å²) in [5, 5.41) is 9.81. The number of aliphatic hydroxyl groups excluding tert-OH is 1. The van der Waals surface area contributed by atoms with Crippen molar-refractivity contribution in [3.63, 3.8) is 0 Å². The first-order chi connectivity index (χ1) is 6.81. The van der Waals surface area contributed by atoms with Gasteiger partial charge < -0.3 is 5.11 Å². The average molecular weight is 190 g/mol. The van der Waals surface area contributed by atoms with Gasteiger partial charge in [-0.05, 0) is 42.7 Å². The van der Waals surface area contributed by atoms with Gasteiger partial charge in [0.25, 0.3) is 0 Å².